The molecule has 0 aliphatic heterocycles. The second-order valence-corrected chi connectivity index (χ2v) is 9.32. The summed E-state index contributed by atoms with van der Waals surface area (Å²) in [6.07, 6.45) is 0. The molecule has 0 amide bonds. The molecule has 7 nitrogen and oxygen atoms in total. The van der Waals surface area contributed by atoms with Gasteiger partial charge in [0, 0.05) is 17.5 Å². The molecule has 3 aromatic rings. The van der Waals surface area contributed by atoms with E-state index < -0.39 is 10.0 Å². The van der Waals surface area contributed by atoms with Gasteiger partial charge in [0.25, 0.3) is 0 Å². The van der Waals surface area contributed by atoms with Crippen molar-refractivity contribution < 1.29 is 17.7 Å². The van der Waals surface area contributed by atoms with E-state index >= 15 is 0 Å². The van der Waals surface area contributed by atoms with Gasteiger partial charge in [0.05, 0.1) is 18.0 Å². The van der Waals surface area contributed by atoms with Crippen LogP contribution in [0.5, 0.6) is 5.75 Å². The summed E-state index contributed by atoms with van der Waals surface area (Å²) >= 11 is 6.28. The van der Waals surface area contributed by atoms with Gasteiger partial charge in [-0.15, -0.1) is 0 Å². The van der Waals surface area contributed by atoms with Gasteiger partial charge in [0.1, 0.15) is 5.75 Å². The van der Waals surface area contributed by atoms with Gasteiger partial charge in [0.15, 0.2) is 5.82 Å². The van der Waals surface area contributed by atoms with E-state index in [-0.39, 0.29) is 23.9 Å². The molecule has 160 valence electrons. The first kappa shape index (κ1) is 22.3. The predicted molar refractivity (Wildman–Crippen MR) is 114 cm³/mol. The number of ether oxygens (including phenoxy) is 1. The minimum absolute atomic E-state index is 0.0447. The molecule has 0 radical (unpaired) electrons. The molecule has 0 aliphatic rings. The number of aromatic nitrogens is 2. The summed E-state index contributed by atoms with van der Waals surface area (Å²) < 4.78 is 38.8. The van der Waals surface area contributed by atoms with E-state index in [4.69, 9.17) is 20.9 Å². The van der Waals surface area contributed by atoms with Crippen molar-refractivity contribution in [1.29, 1.82) is 0 Å². The van der Waals surface area contributed by atoms with Crippen molar-refractivity contribution in [2.45, 2.75) is 44.7 Å². The summed E-state index contributed by atoms with van der Waals surface area (Å²) in [5.74, 6) is 1.40. The Labute approximate surface area is 181 Å². The monoisotopic (exact) mass is 449 g/mol. The Morgan fingerprint density at radius 3 is 2.40 bits per heavy atom. The summed E-state index contributed by atoms with van der Waals surface area (Å²) in [6.45, 7) is 6.25. The van der Waals surface area contributed by atoms with Gasteiger partial charge in [-0.1, -0.05) is 48.8 Å². The second-order valence-electron chi connectivity index (χ2n) is 6.97. The summed E-state index contributed by atoms with van der Waals surface area (Å²) in [7, 11) is -3.86. The lowest BCUT2D eigenvalue weighted by Crippen LogP contribution is -2.31. The summed E-state index contributed by atoms with van der Waals surface area (Å²) in [6, 6.07) is 13.4. The van der Waals surface area contributed by atoms with Gasteiger partial charge in [-0.05, 0) is 42.8 Å². The lowest BCUT2D eigenvalue weighted by atomic mass is 10.2. The van der Waals surface area contributed by atoms with Crippen LogP contribution in [0.2, 0.25) is 5.02 Å². The maximum atomic E-state index is 13.4. The molecule has 2 aromatic carbocycles. The van der Waals surface area contributed by atoms with Crippen LogP contribution in [0.1, 0.15) is 44.0 Å². The minimum atomic E-state index is -3.86. The van der Waals surface area contributed by atoms with Crippen LogP contribution in [0, 0.1) is 0 Å². The molecule has 3 rings (SSSR count). The predicted octanol–water partition coefficient (Wildman–Crippen LogP) is 4.64. The Bertz CT molecular complexity index is 1080. The van der Waals surface area contributed by atoms with Crippen molar-refractivity contribution in [2.75, 3.05) is 6.61 Å². The van der Waals surface area contributed by atoms with E-state index in [9.17, 15) is 8.42 Å². The topological polar surface area (TPSA) is 85.5 Å². The molecule has 30 heavy (non-hydrogen) atoms. The van der Waals surface area contributed by atoms with Gasteiger partial charge in [-0.3, -0.25) is 0 Å². The highest BCUT2D eigenvalue weighted by atomic mass is 35.5. The van der Waals surface area contributed by atoms with Crippen LogP contribution in [-0.4, -0.2) is 29.5 Å². The molecule has 0 spiro atoms. The first-order chi connectivity index (χ1) is 14.3. The van der Waals surface area contributed by atoms with E-state index in [1.165, 1.54) is 16.4 Å². The van der Waals surface area contributed by atoms with E-state index in [1.807, 2.05) is 26.8 Å². The Morgan fingerprint density at radius 2 is 1.80 bits per heavy atom. The van der Waals surface area contributed by atoms with Crippen molar-refractivity contribution >= 4 is 21.6 Å². The van der Waals surface area contributed by atoms with Crippen molar-refractivity contribution in [3.05, 3.63) is 70.8 Å². The van der Waals surface area contributed by atoms with Gasteiger partial charge in [-0.2, -0.15) is 9.29 Å². The SMILES string of the molecule is CCOc1ccc(S(=O)(=O)N(Cc2noc(C(C)C)n2)Cc2ccccc2Cl)cc1. The molecule has 0 saturated heterocycles. The van der Waals surface area contributed by atoms with E-state index in [0.29, 0.717) is 34.7 Å². The highest BCUT2D eigenvalue weighted by Gasteiger charge is 2.27. The lowest BCUT2D eigenvalue weighted by Gasteiger charge is -2.21. The fraction of sp³-hybridized carbons (Fsp3) is 0.333. The molecule has 0 bridgehead atoms. The first-order valence-corrected chi connectivity index (χ1v) is 11.4. The second kappa shape index (κ2) is 9.59. The third-order valence-electron chi connectivity index (χ3n) is 4.37. The molecule has 9 heteroatoms. The van der Waals surface area contributed by atoms with E-state index in [0.717, 1.165) is 0 Å². The smallest absolute Gasteiger partial charge is 0.243 e. The van der Waals surface area contributed by atoms with Crippen molar-refractivity contribution in [1.82, 2.24) is 14.4 Å². The van der Waals surface area contributed by atoms with E-state index in [1.54, 1.807) is 30.3 Å². The molecule has 0 fully saturated rings. The summed E-state index contributed by atoms with van der Waals surface area (Å²) in [4.78, 5) is 4.47. The molecular weight excluding hydrogens is 426 g/mol. The number of rotatable bonds is 9. The van der Waals surface area contributed by atoms with Crippen molar-refractivity contribution in [3.8, 4) is 5.75 Å². The Morgan fingerprint density at radius 1 is 1.10 bits per heavy atom. The van der Waals surface area contributed by atoms with Gasteiger partial charge in [-0.25, -0.2) is 8.42 Å². The van der Waals surface area contributed by atoms with Crippen LogP contribution in [0.3, 0.4) is 0 Å². The van der Waals surface area contributed by atoms with Crippen molar-refractivity contribution in [2.24, 2.45) is 0 Å². The zero-order valence-electron chi connectivity index (χ0n) is 17.1. The fourth-order valence-corrected chi connectivity index (χ4v) is 4.36. The number of hydrogen-bond acceptors (Lipinski definition) is 6. The molecule has 0 aliphatic carbocycles. The minimum Gasteiger partial charge on any atom is -0.494 e. The van der Waals surface area contributed by atoms with Crippen LogP contribution < -0.4 is 4.74 Å². The van der Waals surface area contributed by atoms with Crippen LogP contribution >= 0.6 is 11.6 Å². The third-order valence-corrected chi connectivity index (χ3v) is 6.55. The fourth-order valence-electron chi connectivity index (χ4n) is 2.79. The Kier molecular flexibility index (Phi) is 7.12. The molecule has 1 aromatic heterocycles. The number of sulfonamides is 1. The Hall–Kier alpha value is -2.42. The highest BCUT2D eigenvalue weighted by Crippen LogP contribution is 2.25. The van der Waals surface area contributed by atoms with Crippen LogP contribution in [0.15, 0.2) is 57.9 Å². The molecule has 0 atom stereocenters. The summed E-state index contributed by atoms with van der Waals surface area (Å²) in [5.41, 5.74) is 0.682. The quantitative estimate of drug-likeness (QED) is 0.473. The maximum absolute atomic E-state index is 13.4. The number of benzene rings is 2. The number of halogens is 1. The Balaban J connectivity index is 1.95. The molecule has 0 saturated carbocycles. The largest absolute Gasteiger partial charge is 0.494 e. The normalized spacial score (nSPS) is 11.9. The zero-order valence-corrected chi connectivity index (χ0v) is 18.7. The third kappa shape index (κ3) is 5.19. The number of hydrogen-bond donors (Lipinski definition) is 0. The van der Waals surface area contributed by atoms with Gasteiger partial charge in [0.2, 0.25) is 15.9 Å². The lowest BCUT2D eigenvalue weighted by molar-refractivity contribution is 0.339. The zero-order chi connectivity index (χ0) is 21.7. The maximum Gasteiger partial charge on any atom is 0.243 e. The van der Waals surface area contributed by atoms with Gasteiger partial charge >= 0.3 is 0 Å². The molecule has 0 N–H and O–H groups in total. The molecular formula is C21H24ClN3O4S. The molecule has 0 unspecified atom stereocenters. The molecule has 1 heterocycles. The number of nitrogens with zero attached hydrogens (tertiary/aromatic N) is 3. The average Bonchev–Trinajstić information content (AvgIpc) is 3.19. The first-order valence-electron chi connectivity index (χ1n) is 9.60. The van der Waals surface area contributed by atoms with Gasteiger partial charge < -0.3 is 9.26 Å². The van der Waals surface area contributed by atoms with Crippen LogP contribution in [0.4, 0.5) is 0 Å². The average molecular weight is 450 g/mol. The summed E-state index contributed by atoms with van der Waals surface area (Å²) in [5, 5.41) is 4.43. The van der Waals surface area contributed by atoms with Crippen molar-refractivity contribution in [3.63, 3.8) is 0 Å². The van der Waals surface area contributed by atoms with Crippen LogP contribution in [-0.2, 0) is 23.1 Å². The van der Waals surface area contributed by atoms with E-state index in [2.05, 4.69) is 10.1 Å². The highest BCUT2D eigenvalue weighted by molar-refractivity contribution is 7.89. The van der Waals surface area contributed by atoms with Crippen LogP contribution in [0.25, 0.3) is 0 Å². The standard InChI is InChI=1S/C21H24ClN3O4S/c1-4-28-17-9-11-18(12-10-17)30(26,27)25(13-16-7-5-6-8-19(16)22)14-20-23-21(15(2)3)29-24-20/h5-12,15H,4,13-14H2,1-3H3.